The highest BCUT2D eigenvalue weighted by Gasteiger charge is 2.19. The Morgan fingerprint density at radius 1 is 0.314 bits per heavy atom. The molecule has 0 aliphatic heterocycles. The summed E-state index contributed by atoms with van der Waals surface area (Å²) >= 11 is 0. The summed E-state index contributed by atoms with van der Waals surface area (Å²) in [5.74, 6) is -1.00. The first-order valence-electron chi connectivity index (χ1n) is 28.9. The second-order valence-corrected chi connectivity index (χ2v) is 18.9. The molecule has 0 aromatic heterocycles. The number of carbonyl (C=O) groups excluding carboxylic acids is 3. The standard InChI is InChI=1S/C64H106O6/c1-4-7-10-13-16-19-22-25-28-31-32-34-36-39-42-45-48-51-54-57-63(66)69-60-61(59-68-62(65)56-53-50-47-44-41-38-35-30-27-24-21-18-15-12-9-6-3)70-64(67)58-55-52-49-46-43-40-37-33-29-26-23-20-17-14-11-8-5-2/h8,11,16-17,19-20,22,25-26,29-30,35,37-38,40-41,46,49,61H,4-7,9-10,12-15,18,21,23-24,27-28,31-34,36,39,42-45,47-48,50-60H2,1-3H3/b11-8-,19-16-,20-17-,25-22-,29-26-,35-30-,40-37-,41-38-,49-46-. The highest BCUT2D eigenvalue weighted by atomic mass is 16.6. The van der Waals surface area contributed by atoms with Gasteiger partial charge in [0, 0.05) is 19.3 Å². The molecule has 0 spiro atoms. The molecule has 0 aromatic carbocycles. The number of esters is 3. The number of carbonyl (C=O) groups is 3. The van der Waals surface area contributed by atoms with Crippen LogP contribution in [0.5, 0.6) is 0 Å². The van der Waals surface area contributed by atoms with Crippen molar-refractivity contribution in [3.8, 4) is 0 Å². The van der Waals surface area contributed by atoms with Gasteiger partial charge in [0.2, 0.25) is 0 Å². The molecule has 6 nitrogen and oxygen atoms in total. The van der Waals surface area contributed by atoms with Gasteiger partial charge in [0.05, 0.1) is 0 Å². The van der Waals surface area contributed by atoms with Gasteiger partial charge in [-0.25, -0.2) is 0 Å². The van der Waals surface area contributed by atoms with Gasteiger partial charge >= 0.3 is 17.9 Å². The zero-order valence-electron chi connectivity index (χ0n) is 45.5. The van der Waals surface area contributed by atoms with Crippen molar-refractivity contribution in [3.05, 3.63) is 109 Å². The molecule has 0 heterocycles. The van der Waals surface area contributed by atoms with Gasteiger partial charge < -0.3 is 14.2 Å². The van der Waals surface area contributed by atoms with Crippen LogP contribution < -0.4 is 0 Å². The molecule has 0 aliphatic carbocycles. The van der Waals surface area contributed by atoms with Crippen molar-refractivity contribution < 1.29 is 28.6 Å². The summed E-state index contributed by atoms with van der Waals surface area (Å²) in [4.78, 5) is 38.2. The lowest BCUT2D eigenvalue weighted by Crippen LogP contribution is -2.30. The quantitative estimate of drug-likeness (QED) is 0.0199. The number of ether oxygens (including phenoxy) is 3. The maximum absolute atomic E-state index is 12.8. The molecule has 0 amide bonds. The lowest BCUT2D eigenvalue weighted by molar-refractivity contribution is -0.167. The van der Waals surface area contributed by atoms with E-state index in [2.05, 4.69) is 130 Å². The van der Waals surface area contributed by atoms with Crippen molar-refractivity contribution in [2.45, 2.75) is 264 Å². The minimum atomic E-state index is -0.822. The fourth-order valence-electron chi connectivity index (χ4n) is 7.69. The van der Waals surface area contributed by atoms with E-state index >= 15 is 0 Å². The molecule has 0 N–H and O–H groups in total. The van der Waals surface area contributed by atoms with Gasteiger partial charge in [-0.1, -0.05) is 239 Å². The van der Waals surface area contributed by atoms with Crippen molar-refractivity contribution in [1.29, 1.82) is 0 Å². The van der Waals surface area contributed by atoms with Crippen LogP contribution in [0.1, 0.15) is 258 Å². The van der Waals surface area contributed by atoms with Crippen molar-refractivity contribution in [1.82, 2.24) is 0 Å². The van der Waals surface area contributed by atoms with Crippen molar-refractivity contribution in [2.24, 2.45) is 0 Å². The zero-order valence-corrected chi connectivity index (χ0v) is 45.5. The van der Waals surface area contributed by atoms with Gasteiger partial charge in [0.15, 0.2) is 6.10 Å². The van der Waals surface area contributed by atoms with E-state index in [9.17, 15) is 14.4 Å². The smallest absolute Gasteiger partial charge is 0.306 e. The molecular formula is C64H106O6. The van der Waals surface area contributed by atoms with E-state index in [0.29, 0.717) is 19.3 Å². The summed E-state index contributed by atoms with van der Waals surface area (Å²) in [6.45, 7) is 6.42. The number of hydrogen-bond donors (Lipinski definition) is 0. The Morgan fingerprint density at radius 3 is 1.03 bits per heavy atom. The van der Waals surface area contributed by atoms with Crippen LogP contribution in [0, 0.1) is 0 Å². The lowest BCUT2D eigenvalue weighted by Gasteiger charge is -2.18. The minimum absolute atomic E-state index is 0.112. The summed E-state index contributed by atoms with van der Waals surface area (Å²) in [5.41, 5.74) is 0. The van der Waals surface area contributed by atoms with Crippen molar-refractivity contribution in [2.75, 3.05) is 13.2 Å². The number of allylic oxidation sites excluding steroid dienone is 18. The predicted octanol–water partition coefficient (Wildman–Crippen LogP) is 19.5. The Bertz CT molecular complexity index is 1440. The zero-order chi connectivity index (χ0) is 50.7. The van der Waals surface area contributed by atoms with Crippen molar-refractivity contribution >= 4 is 17.9 Å². The average molecular weight is 972 g/mol. The van der Waals surface area contributed by atoms with Gasteiger partial charge in [0.1, 0.15) is 13.2 Å². The molecule has 0 radical (unpaired) electrons. The van der Waals surface area contributed by atoms with E-state index in [1.54, 1.807) is 0 Å². The molecular weight excluding hydrogens is 865 g/mol. The normalized spacial score (nSPS) is 12.9. The van der Waals surface area contributed by atoms with Gasteiger partial charge in [-0.2, -0.15) is 0 Å². The Morgan fingerprint density at radius 2 is 0.614 bits per heavy atom. The van der Waals surface area contributed by atoms with E-state index in [1.165, 1.54) is 122 Å². The third-order valence-electron chi connectivity index (χ3n) is 12.0. The number of unbranched alkanes of at least 4 members (excludes halogenated alkanes) is 24. The summed E-state index contributed by atoms with van der Waals surface area (Å²) in [7, 11) is 0. The molecule has 0 fully saturated rings. The molecule has 0 saturated heterocycles. The fourth-order valence-corrected chi connectivity index (χ4v) is 7.69. The largest absolute Gasteiger partial charge is 0.462 e. The van der Waals surface area contributed by atoms with Crippen LogP contribution in [0.4, 0.5) is 0 Å². The van der Waals surface area contributed by atoms with Crippen molar-refractivity contribution in [3.63, 3.8) is 0 Å². The second-order valence-electron chi connectivity index (χ2n) is 18.9. The summed E-state index contributed by atoms with van der Waals surface area (Å²) in [6.07, 6.45) is 78.0. The van der Waals surface area contributed by atoms with E-state index in [-0.39, 0.29) is 37.5 Å². The van der Waals surface area contributed by atoms with Gasteiger partial charge in [-0.3, -0.25) is 14.4 Å². The Balaban J connectivity index is 4.51. The third-order valence-corrected chi connectivity index (χ3v) is 12.0. The summed E-state index contributed by atoms with van der Waals surface area (Å²) in [5, 5.41) is 0. The third kappa shape index (κ3) is 55.0. The number of rotatable bonds is 51. The van der Waals surface area contributed by atoms with Crippen LogP contribution >= 0.6 is 0 Å². The average Bonchev–Trinajstić information content (AvgIpc) is 3.36. The van der Waals surface area contributed by atoms with Crippen LogP contribution in [0.25, 0.3) is 0 Å². The van der Waals surface area contributed by atoms with Crippen LogP contribution in [-0.4, -0.2) is 37.2 Å². The molecule has 0 bridgehead atoms. The molecule has 1 atom stereocenters. The highest BCUT2D eigenvalue weighted by molar-refractivity contribution is 5.71. The molecule has 0 saturated carbocycles. The van der Waals surface area contributed by atoms with Crippen LogP contribution in [-0.2, 0) is 28.6 Å². The first kappa shape index (κ1) is 66.1. The van der Waals surface area contributed by atoms with E-state index in [4.69, 9.17) is 14.2 Å². The molecule has 0 aromatic rings. The molecule has 70 heavy (non-hydrogen) atoms. The van der Waals surface area contributed by atoms with E-state index in [0.717, 1.165) is 89.9 Å². The Hall–Kier alpha value is -3.93. The minimum Gasteiger partial charge on any atom is -0.462 e. The maximum Gasteiger partial charge on any atom is 0.306 e. The molecule has 0 aliphatic rings. The van der Waals surface area contributed by atoms with Gasteiger partial charge in [-0.05, 0) is 109 Å². The van der Waals surface area contributed by atoms with E-state index in [1.807, 2.05) is 0 Å². The molecule has 6 heteroatoms. The van der Waals surface area contributed by atoms with Crippen LogP contribution in [0.2, 0.25) is 0 Å². The van der Waals surface area contributed by atoms with Gasteiger partial charge in [0.25, 0.3) is 0 Å². The first-order valence-corrected chi connectivity index (χ1v) is 28.9. The highest BCUT2D eigenvalue weighted by Crippen LogP contribution is 2.14. The molecule has 0 rings (SSSR count). The summed E-state index contributed by atoms with van der Waals surface area (Å²) < 4.78 is 16.8. The molecule has 1 unspecified atom stereocenters. The molecule has 398 valence electrons. The fraction of sp³-hybridized carbons (Fsp3) is 0.672. The number of hydrogen-bond acceptors (Lipinski definition) is 6. The Kier molecular flexibility index (Phi) is 54.4. The Labute approximate surface area is 431 Å². The first-order chi connectivity index (χ1) is 34.5. The SMILES string of the molecule is CC/C=C\C/C=C\C/C=C\C/C=C\C/C=C\CCCC(=O)OC(COC(=O)CCCCC/C=C\C=C/CCCCCCCCC)COC(=O)CCCCCCCCCCCC/C=C\C=C/CCCCC. The van der Waals surface area contributed by atoms with E-state index < -0.39 is 6.10 Å². The lowest BCUT2D eigenvalue weighted by atomic mass is 10.1. The van der Waals surface area contributed by atoms with Crippen LogP contribution in [0.15, 0.2) is 109 Å². The summed E-state index contributed by atoms with van der Waals surface area (Å²) in [6, 6.07) is 0. The monoisotopic (exact) mass is 971 g/mol. The predicted molar refractivity (Wildman–Crippen MR) is 302 cm³/mol. The van der Waals surface area contributed by atoms with Gasteiger partial charge in [-0.15, -0.1) is 0 Å². The maximum atomic E-state index is 12.8. The second kappa shape index (κ2) is 57.6. The van der Waals surface area contributed by atoms with Crippen LogP contribution in [0.3, 0.4) is 0 Å². The topological polar surface area (TPSA) is 78.9 Å².